The molecule has 0 atom stereocenters. The molecule has 0 saturated heterocycles. The molecule has 10 rings (SSSR count). The zero-order valence-electron chi connectivity index (χ0n) is 34.0. The maximum absolute atomic E-state index is 5.95. The molecule has 0 N–H and O–H groups in total. The first-order valence-electron chi connectivity index (χ1n) is 20.3. The Labute approximate surface area is 370 Å². The summed E-state index contributed by atoms with van der Waals surface area (Å²) in [7, 11) is 1.96. The van der Waals surface area contributed by atoms with Crippen molar-refractivity contribution in [1.82, 2.24) is 24.5 Å². The monoisotopic (exact) mass is 969 g/mol. The zero-order chi connectivity index (χ0) is 40.7. The van der Waals surface area contributed by atoms with Gasteiger partial charge >= 0.3 is 20.1 Å². The molecule has 0 amide bonds. The summed E-state index contributed by atoms with van der Waals surface area (Å²) >= 11 is 0. The van der Waals surface area contributed by atoms with E-state index >= 15 is 0 Å². The number of hydrogen-bond acceptors (Lipinski definition) is 5. The molecule has 7 heteroatoms. The molecule has 0 spiro atoms. The fourth-order valence-corrected chi connectivity index (χ4v) is 7.63. The van der Waals surface area contributed by atoms with Gasteiger partial charge in [-0.1, -0.05) is 90.2 Å². The van der Waals surface area contributed by atoms with E-state index in [0.29, 0.717) is 5.71 Å². The second kappa shape index (κ2) is 19.1. The van der Waals surface area contributed by atoms with Crippen molar-refractivity contribution in [2.75, 3.05) is 0 Å². The van der Waals surface area contributed by atoms with Gasteiger partial charge in [0.2, 0.25) is 5.71 Å². The van der Waals surface area contributed by atoms with Crippen LogP contribution in [0.3, 0.4) is 0 Å². The second-order valence-electron chi connectivity index (χ2n) is 14.8. The number of aromatic nitrogens is 5. The molecule has 6 nitrogen and oxygen atoms in total. The van der Waals surface area contributed by atoms with E-state index < -0.39 is 0 Å². The van der Waals surface area contributed by atoms with Gasteiger partial charge in [-0.15, -0.1) is 89.5 Å². The molecule has 0 saturated carbocycles. The van der Waals surface area contributed by atoms with Crippen molar-refractivity contribution in [3.8, 4) is 45.0 Å². The maximum atomic E-state index is 5.95. The molecule has 0 aliphatic rings. The van der Waals surface area contributed by atoms with Crippen molar-refractivity contribution in [3.63, 3.8) is 0 Å². The zero-order valence-corrected chi connectivity index (χ0v) is 36.4. The Kier molecular flexibility index (Phi) is 12.8. The topological polar surface area (TPSA) is 69.6 Å². The molecule has 5 aromatic carbocycles. The molecule has 5 heterocycles. The first-order chi connectivity index (χ1) is 29.6. The molecule has 61 heavy (non-hydrogen) atoms. The first-order valence-corrected chi connectivity index (χ1v) is 20.3. The van der Waals surface area contributed by atoms with E-state index in [1.54, 1.807) is 6.20 Å². The van der Waals surface area contributed by atoms with Crippen LogP contribution in [0.15, 0.2) is 175 Å². The molecule has 0 unspecified atom stereocenters. The molecule has 0 fully saturated rings. The van der Waals surface area contributed by atoms with Crippen LogP contribution < -0.4 is 0 Å². The summed E-state index contributed by atoms with van der Waals surface area (Å²) in [6, 6.07) is 60.2. The minimum absolute atomic E-state index is 0. The van der Waals surface area contributed by atoms with Crippen LogP contribution in [0, 0.1) is 25.1 Å². The molecule has 0 aliphatic carbocycles. The number of hydrogen-bond donors (Lipinski definition) is 0. The number of furan rings is 1. The number of imidazole rings is 1. The fraction of sp³-hybridized carbons (Fsp3) is 0.111. The first kappa shape index (κ1) is 41.0. The number of aryl methyl sites for hydroxylation is 6. The van der Waals surface area contributed by atoms with Gasteiger partial charge in [0.05, 0.1) is 11.4 Å². The van der Waals surface area contributed by atoms with Crippen molar-refractivity contribution < 1.29 is 24.5 Å². The van der Waals surface area contributed by atoms with Crippen LogP contribution in [0.1, 0.15) is 27.9 Å². The molecule has 5 aromatic heterocycles. The van der Waals surface area contributed by atoms with Gasteiger partial charge in [0.15, 0.2) is 0 Å². The average Bonchev–Trinajstić information content (AvgIpc) is 3.91. The Hall–Kier alpha value is -6.79. The number of rotatable bonds is 10. The summed E-state index contributed by atoms with van der Waals surface area (Å²) < 4.78 is 7.90. The molecule has 298 valence electrons. The largest absolute Gasteiger partial charge is 3.00 e. The van der Waals surface area contributed by atoms with E-state index in [1.165, 1.54) is 33.4 Å². The summed E-state index contributed by atoms with van der Waals surface area (Å²) in [5, 5.41) is 2.07. The van der Waals surface area contributed by atoms with Crippen LogP contribution in [-0.4, -0.2) is 24.5 Å². The van der Waals surface area contributed by atoms with Crippen LogP contribution >= 0.6 is 0 Å². The third kappa shape index (κ3) is 9.34. The predicted octanol–water partition coefficient (Wildman–Crippen LogP) is 12.1. The van der Waals surface area contributed by atoms with E-state index in [-0.39, 0.29) is 20.1 Å². The van der Waals surface area contributed by atoms with Gasteiger partial charge in [-0.2, -0.15) is 0 Å². The Bertz CT molecular complexity index is 2870. The smallest absolute Gasteiger partial charge is 0.486 e. The summed E-state index contributed by atoms with van der Waals surface area (Å²) in [6.45, 7) is 1.96. The van der Waals surface area contributed by atoms with Gasteiger partial charge in [-0.05, 0) is 83.6 Å². The van der Waals surface area contributed by atoms with E-state index in [9.17, 15) is 0 Å². The average molecular weight is 969 g/mol. The van der Waals surface area contributed by atoms with Crippen molar-refractivity contribution in [2.45, 2.75) is 32.6 Å². The standard InChI is InChI=1S/C38H30N2.C16H12N3O.Ir/c1-2-12-33(13-3-1)38-26-21-30(28-40-38)20-23-32-11-5-7-15-36(32)35-14-6-4-10-31(35)22-17-29-18-24-34(25-19-29)37-16-8-9-27-39-37;1-10-6-7-12-11-4-3-5-13(14(11)20-16(12)18-10)15-17-8-9-19(15)2;/h1-12,14-16,18-19,21,24,26-28H,17,20,22-23H2;3-4,6-9H,1-2H3;/q-2;-1;+3. The molecular formula is C54H42IrN5O. The maximum Gasteiger partial charge on any atom is 3.00 e. The number of pyridine rings is 3. The normalized spacial score (nSPS) is 10.9. The fourth-order valence-electron chi connectivity index (χ4n) is 7.63. The van der Waals surface area contributed by atoms with Gasteiger partial charge in [-0.25, -0.2) is 4.98 Å². The van der Waals surface area contributed by atoms with E-state index in [4.69, 9.17) is 9.40 Å². The van der Waals surface area contributed by atoms with Gasteiger partial charge < -0.3 is 19.0 Å². The van der Waals surface area contributed by atoms with Crippen LogP contribution in [0.25, 0.3) is 67.1 Å². The van der Waals surface area contributed by atoms with Crippen molar-refractivity contribution in [3.05, 3.63) is 217 Å². The van der Waals surface area contributed by atoms with Crippen LogP contribution in [0.5, 0.6) is 0 Å². The van der Waals surface area contributed by atoms with Crippen molar-refractivity contribution >= 4 is 22.1 Å². The predicted molar refractivity (Wildman–Crippen MR) is 241 cm³/mol. The Morgan fingerprint density at radius 2 is 1.30 bits per heavy atom. The summed E-state index contributed by atoms with van der Waals surface area (Å²) in [5.74, 6) is 0.839. The van der Waals surface area contributed by atoms with Gasteiger partial charge in [0.25, 0.3) is 0 Å². The Morgan fingerprint density at radius 1 is 0.574 bits per heavy atom. The summed E-state index contributed by atoms with van der Waals surface area (Å²) in [5.41, 5.74) is 15.1. The van der Waals surface area contributed by atoms with Crippen LogP contribution in [-0.2, 0) is 52.8 Å². The van der Waals surface area contributed by atoms with E-state index in [1.807, 2.05) is 104 Å². The minimum Gasteiger partial charge on any atom is -0.486 e. The molecule has 0 aliphatic heterocycles. The van der Waals surface area contributed by atoms with E-state index in [0.717, 1.165) is 81.6 Å². The number of nitrogens with zero attached hydrogens (tertiary/aromatic N) is 5. The van der Waals surface area contributed by atoms with Crippen LogP contribution in [0.4, 0.5) is 0 Å². The molecule has 0 bridgehead atoms. The summed E-state index contributed by atoms with van der Waals surface area (Å²) in [6.07, 6.45) is 11.4. The second-order valence-corrected chi connectivity index (χ2v) is 14.8. The van der Waals surface area contributed by atoms with Crippen molar-refractivity contribution in [1.29, 1.82) is 0 Å². The minimum atomic E-state index is 0. The van der Waals surface area contributed by atoms with E-state index in [2.05, 4.69) is 112 Å². The van der Waals surface area contributed by atoms with Crippen LogP contribution in [0.2, 0.25) is 0 Å². The van der Waals surface area contributed by atoms with Gasteiger partial charge in [0, 0.05) is 42.9 Å². The molecular weight excluding hydrogens is 927 g/mol. The summed E-state index contributed by atoms with van der Waals surface area (Å²) in [4.78, 5) is 18.0. The number of benzene rings is 5. The Balaban J connectivity index is 0.000000204. The Morgan fingerprint density at radius 3 is 1.97 bits per heavy atom. The molecule has 0 radical (unpaired) electrons. The third-order valence-electron chi connectivity index (χ3n) is 10.8. The quantitative estimate of drug-likeness (QED) is 0.128. The number of fused-ring (bicyclic) bond motifs is 3. The van der Waals surface area contributed by atoms with Crippen molar-refractivity contribution in [2.24, 2.45) is 7.05 Å². The molecule has 10 aromatic rings. The van der Waals surface area contributed by atoms with Gasteiger partial charge in [0.1, 0.15) is 0 Å². The van der Waals surface area contributed by atoms with Gasteiger partial charge in [-0.3, -0.25) is 4.98 Å². The third-order valence-corrected chi connectivity index (χ3v) is 10.8. The SMILES string of the molecule is Cc1ccc2c(n1)oc1c(-c3nccn3C)[c-]ccc12.[Ir+3].[c-]1cc(CCc2ccccc2-c2ccccc2CCc2ccc(-c3[c-]cccc3)nc2)ccc1-c1ccccn1.